The van der Waals surface area contributed by atoms with Crippen LogP contribution in [0.5, 0.6) is 0 Å². The van der Waals surface area contributed by atoms with Gasteiger partial charge in [-0.05, 0) is 27.9 Å². The number of nitro groups is 1. The minimum atomic E-state index is -1.14. The summed E-state index contributed by atoms with van der Waals surface area (Å²) in [5.74, 6) is -2.07. The fourth-order valence-corrected chi connectivity index (χ4v) is 2.33. The summed E-state index contributed by atoms with van der Waals surface area (Å²) in [7, 11) is 0. The average Bonchev–Trinajstić information content (AvgIpc) is 2.43. The van der Waals surface area contributed by atoms with E-state index in [1.54, 1.807) is 6.92 Å². The van der Waals surface area contributed by atoms with E-state index in [-0.39, 0.29) is 21.6 Å². The van der Waals surface area contributed by atoms with Crippen LogP contribution in [0.3, 0.4) is 0 Å². The molecule has 0 spiro atoms. The second-order valence-corrected chi connectivity index (χ2v) is 5.36. The molecule has 2 N–H and O–H groups in total. The normalized spacial score (nSPS) is 13.3. The van der Waals surface area contributed by atoms with Crippen molar-refractivity contribution in [2.75, 3.05) is 0 Å². The SMILES string of the molecule is CCC(C)[C@H](NC(=O)c1cccc([N+](=O)[O-])c1Br)C(=O)O. The maximum atomic E-state index is 12.1. The number of nitro benzene ring substituents is 1. The third-order valence-electron chi connectivity index (χ3n) is 3.19. The van der Waals surface area contributed by atoms with E-state index >= 15 is 0 Å². The number of carboxylic acid groups (broad SMARTS) is 1. The lowest BCUT2D eigenvalue weighted by Crippen LogP contribution is -2.45. The van der Waals surface area contributed by atoms with E-state index in [4.69, 9.17) is 5.11 Å². The predicted octanol–water partition coefficient (Wildman–Crippen LogP) is 2.59. The quantitative estimate of drug-likeness (QED) is 0.599. The van der Waals surface area contributed by atoms with Crippen molar-refractivity contribution in [3.05, 3.63) is 38.3 Å². The maximum Gasteiger partial charge on any atom is 0.326 e. The number of amides is 1. The molecule has 1 unspecified atom stereocenters. The number of hydrogen-bond acceptors (Lipinski definition) is 4. The molecule has 1 aromatic rings. The molecule has 114 valence electrons. The summed E-state index contributed by atoms with van der Waals surface area (Å²) in [6.45, 7) is 3.53. The number of carboxylic acids is 1. The molecule has 0 saturated heterocycles. The van der Waals surface area contributed by atoms with E-state index < -0.39 is 22.8 Å². The Balaban J connectivity index is 3.06. The lowest BCUT2D eigenvalue weighted by atomic mass is 9.99. The zero-order valence-electron chi connectivity index (χ0n) is 11.5. The molecule has 7 nitrogen and oxygen atoms in total. The lowest BCUT2D eigenvalue weighted by Gasteiger charge is -2.20. The van der Waals surface area contributed by atoms with Gasteiger partial charge < -0.3 is 10.4 Å². The van der Waals surface area contributed by atoms with Gasteiger partial charge in [-0.3, -0.25) is 14.9 Å². The van der Waals surface area contributed by atoms with Gasteiger partial charge in [-0.2, -0.15) is 0 Å². The Morgan fingerprint density at radius 1 is 1.48 bits per heavy atom. The van der Waals surface area contributed by atoms with Crippen molar-refractivity contribution in [2.45, 2.75) is 26.3 Å². The van der Waals surface area contributed by atoms with Gasteiger partial charge in [0, 0.05) is 6.07 Å². The summed E-state index contributed by atoms with van der Waals surface area (Å²) in [4.78, 5) is 33.6. The highest BCUT2D eigenvalue weighted by atomic mass is 79.9. The van der Waals surface area contributed by atoms with Crippen LogP contribution in [0.1, 0.15) is 30.6 Å². The average molecular weight is 359 g/mol. The van der Waals surface area contributed by atoms with Crippen LogP contribution in [-0.4, -0.2) is 27.9 Å². The summed E-state index contributed by atoms with van der Waals surface area (Å²) in [6, 6.07) is 2.97. The smallest absolute Gasteiger partial charge is 0.326 e. The maximum absolute atomic E-state index is 12.1. The zero-order valence-corrected chi connectivity index (χ0v) is 13.1. The van der Waals surface area contributed by atoms with Gasteiger partial charge in [0.25, 0.3) is 11.6 Å². The first-order valence-corrected chi connectivity index (χ1v) is 7.05. The van der Waals surface area contributed by atoms with E-state index in [0.717, 1.165) is 0 Å². The number of nitrogens with one attached hydrogen (secondary N) is 1. The van der Waals surface area contributed by atoms with Crippen molar-refractivity contribution < 1.29 is 19.6 Å². The van der Waals surface area contributed by atoms with Crippen molar-refractivity contribution in [1.82, 2.24) is 5.32 Å². The minimum Gasteiger partial charge on any atom is -0.480 e. The minimum absolute atomic E-state index is 0.0266. The molecule has 1 aromatic carbocycles. The molecule has 21 heavy (non-hydrogen) atoms. The molecule has 0 saturated carbocycles. The summed E-state index contributed by atoms with van der Waals surface area (Å²) >= 11 is 3.01. The van der Waals surface area contributed by atoms with Crippen LogP contribution in [0.15, 0.2) is 22.7 Å². The molecule has 0 aliphatic rings. The number of halogens is 1. The summed E-state index contributed by atoms with van der Waals surface area (Å²) in [5, 5.41) is 22.4. The van der Waals surface area contributed by atoms with Crippen molar-refractivity contribution in [2.24, 2.45) is 5.92 Å². The highest BCUT2D eigenvalue weighted by Crippen LogP contribution is 2.28. The van der Waals surface area contributed by atoms with E-state index in [1.807, 2.05) is 6.92 Å². The zero-order chi connectivity index (χ0) is 16.2. The number of benzene rings is 1. The number of nitrogens with zero attached hydrogens (tertiary/aromatic N) is 1. The molecule has 0 aliphatic heterocycles. The molecule has 1 rings (SSSR count). The van der Waals surface area contributed by atoms with Gasteiger partial charge in [-0.1, -0.05) is 26.3 Å². The van der Waals surface area contributed by atoms with Gasteiger partial charge in [0.15, 0.2) is 0 Å². The summed E-state index contributed by atoms with van der Waals surface area (Å²) in [5.41, 5.74) is -0.225. The van der Waals surface area contributed by atoms with Crippen molar-refractivity contribution in [1.29, 1.82) is 0 Å². The predicted molar refractivity (Wildman–Crippen MR) is 79.1 cm³/mol. The fourth-order valence-electron chi connectivity index (χ4n) is 1.74. The van der Waals surface area contributed by atoms with E-state index in [9.17, 15) is 19.7 Å². The summed E-state index contributed by atoms with van der Waals surface area (Å²) in [6.07, 6.45) is 0.577. The monoisotopic (exact) mass is 358 g/mol. The Bertz CT molecular complexity index is 576. The van der Waals surface area contributed by atoms with Crippen molar-refractivity contribution in [3.63, 3.8) is 0 Å². The Kier molecular flexibility index (Phi) is 5.83. The topological polar surface area (TPSA) is 110 Å². The molecule has 2 atom stereocenters. The van der Waals surface area contributed by atoms with Gasteiger partial charge in [-0.25, -0.2) is 4.79 Å². The van der Waals surface area contributed by atoms with E-state index in [0.29, 0.717) is 6.42 Å². The van der Waals surface area contributed by atoms with Crippen molar-refractivity contribution >= 4 is 33.5 Å². The molecule has 8 heteroatoms. The van der Waals surface area contributed by atoms with Crippen LogP contribution >= 0.6 is 15.9 Å². The standard InChI is InChI=1S/C13H15BrN2O5/c1-3-7(2)11(13(18)19)15-12(17)8-5-4-6-9(10(8)14)16(20)21/h4-7,11H,3H2,1-2H3,(H,15,17)(H,18,19)/t7?,11-/m0/s1. The lowest BCUT2D eigenvalue weighted by molar-refractivity contribution is -0.385. The third kappa shape index (κ3) is 4.01. The van der Waals surface area contributed by atoms with Crippen molar-refractivity contribution in [3.8, 4) is 0 Å². The first kappa shape index (κ1) is 17.1. The van der Waals surface area contributed by atoms with Crippen LogP contribution in [0.25, 0.3) is 0 Å². The molecule has 0 radical (unpaired) electrons. The first-order valence-electron chi connectivity index (χ1n) is 6.26. The first-order chi connectivity index (χ1) is 9.79. The highest BCUT2D eigenvalue weighted by Gasteiger charge is 2.27. The van der Waals surface area contributed by atoms with Gasteiger partial charge in [0.1, 0.15) is 10.5 Å². The van der Waals surface area contributed by atoms with Crippen LogP contribution < -0.4 is 5.32 Å². The molecule has 0 aromatic heterocycles. The van der Waals surface area contributed by atoms with Crippen LogP contribution in [0, 0.1) is 16.0 Å². The third-order valence-corrected chi connectivity index (χ3v) is 4.02. The van der Waals surface area contributed by atoms with Gasteiger partial charge >= 0.3 is 5.97 Å². The second-order valence-electron chi connectivity index (χ2n) is 4.57. The second kappa shape index (κ2) is 7.16. The number of carbonyl (C=O) groups excluding carboxylic acids is 1. The number of aliphatic carboxylic acids is 1. The molecule has 0 aliphatic carbocycles. The number of hydrogen-bond donors (Lipinski definition) is 2. The number of carbonyl (C=O) groups is 2. The largest absolute Gasteiger partial charge is 0.480 e. The van der Waals surface area contributed by atoms with Crippen LogP contribution in [0.4, 0.5) is 5.69 Å². The van der Waals surface area contributed by atoms with Gasteiger partial charge in [0.05, 0.1) is 10.5 Å². The molecule has 0 heterocycles. The summed E-state index contributed by atoms with van der Waals surface area (Å²) < 4.78 is 0.0285. The Morgan fingerprint density at radius 2 is 2.10 bits per heavy atom. The fraction of sp³-hybridized carbons (Fsp3) is 0.385. The molecular weight excluding hydrogens is 344 g/mol. The van der Waals surface area contributed by atoms with Crippen LogP contribution in [-0.2, 0) is 4.79 Å². The highest BCUT2D eigenvalue weighted by molar-refractivity contribution is 9.10. The molecular formula is C13H15BrN2O5. The van der Waals surface area contributed by atoms with Gasteiger partial charge in [-0.15, -0.1) is 0 Å². The Labute approximate surface area is 129 Å². The van der Waals surface area contributed by atoms with E-state index in [1.165, 1.54) is 18.2 Å². The van der Waals surface area contributed by atoms with Gasteiger partial charge in [0.2, 0.25) is 0 Å². The number of rotatable bonds is 6. The molecule has 0 fully saturated rings. The Hall–Kier alpha value is -1.96. The Morgan fingerprint density at radius 3 is 2.57 bits per heavy atom. The molecule has 1 amide bonds. The van der Waals surface area contributed by atoms with E-state index in [2.05, 4.69) is 21.2 Å². The van der Waals surface area contributed by atoms with Crippen LogP contribution in [0.2, 0.25) is 0 Å². The molecule has 0 bridgehead atoms.